The summed E-state index contributed by atoms with van der Waals surface area (Å²) < 4.78 is 1.42. The molecule has 0 aliphatic carbocycles. The van der Waals surface area contributed by atoms with Crippen LogP contribution in [-0.4, -0.2) is 19.5 Å². The summed E-state index contributed by atoms with van der Waals surface area (Å²) in [4.78, 5) is 18.1. The molecular formula is C11H10N4O2. The first-order chi connectivity index (χ1) is 8.18. The summed E-state index contributed by atoms with van der Waals surface area (Å²) in [6, 6.07) is 3.71. The molecule has 0 fully saturated rings. The minimum atomic E-state index is -0.464. The van der Waals surface area contributed by atoms with Crippen LogP contribution in [0.1, 0.15) is 11.4 Å². The van der Waals surface area contributed by atoms with Gasteiger partial charge in [-0.25, -0.2) is 9.55 Å². The molecule has 0 N–H and O–H groups in total. The molecule has 0 atom stereocenters. The van der Waals surface area contributed by atoms with Gasteiger partial charge in [0.25, 0.3) is 0 Å². The quantitative estimate of drug-likeness (QED) is 0.596. The number of nitrogens with zero attached hydrogens (tertiary/aromatic N) is 4. The summed E-state index contributed by atoms with van der Waals surface area (Å²) in [7, 11) is 1.61. The van der Waals surface area contributed by atoms with Crippen molar-refractivity contribution in [2.75, 3.05) is 0 Å². The predicted molar refractivity (Wildman–Crippen MR) is 63.0 cm³/mol. The molecule has 2 heterocycles. The Morgan fingerprint density at radius 2 is 2.24 bits per heavy atom. The van der Waals surface area contributed by atoms with Crippen LogP contribution in [0.2, 0.25) is 0 Å². The normalized spacial score (nSPS) is 10.9. The molecule has 0 unspecified atom stereocenters. The first kappa shape index (κ1) is 11.0. The van der Waals surface area contributed by atoms with Crippen LogP contribution in [0.5, 0.6) is 0 Å². The van der Waals surface area contributed by atoms with Gasteiger partial charge in [-0.1, -0.05) is 6.07 Å². The maximum atomic E-state index is 10.6. The van der Waals surface area contributed by atoms with Gasteiger partial charge in [-0.05, 0) is 22.6 Å². The third-order valence-corrected chi connectivity index (χ3v) is 2.30. The van der Waals surface area contributed by atoms with E-state index in [0.29, 0.717) is 5.82 Å². The van der Waals surface area contributed by atoms with E-state index < -0.39 is 4.92 Å². The molecule has 0 aliphatic heterocycles. The van der Waals surface area contributed by atoms with Gasteiger partial charge in [0.1, 0.15) is 6.20 Å². The van der Waals surface area contributed by atoms with Crippen molar-refractivity contribution in [2.24, 2.45) is 7.05 Å². The lowest BCUT2D eigenvalue weighted by Gasteiger charge is -1.94. The highest BCUT2D eigenvalue weighted by molar-refractivity contribution is 5.66. The molecule has 2 aromatic heterocycles. The number of hydrogen-bond acceptors (Lipinski definition) is 4. The van der Waals surface area contributed by atoms with Gasteiger partial charge in [-0.15, -0.1) is 0 Å². The van der Waals surface area contributed by atoms with Gasteiger partial charge in [-0.3, -0.25) is 4.98 Å². The topological polar surface area (TPSA) is 73.8 Å². The summed E-state index contributed by atoms with van der Waals surface area (Å²) >= 11 is 0. The van der Waals surface area contributed by atoms with E-state index in [1.54, 1.807) is 31.6 Å². The largest absolute Gasteiger partial charge is 0.358 e. The fraction of sp³-hybridized carbons (Fsp3) is 0.0909. The van der Waals surface area contributed by atoms with Crippen LogP contribution in [0, 0.1) is 10.1 Å². The van der Waals surface area contributed by atoms with E-state index >= 15 is 0 Å². The van der Waals surface area contributed by atoms with Crippen LogP contribution < -0.4 is 0 Å². The highest BCUT2D eigenvalue weighted by Gasteiger charge is 2.13. The fourth-order valence-electron chi connectivity index (χ4n) is 1.38. The molecule has 86 valence electrons. The van der Waals surface area contributed by atoms with Crippen LogP contribution in [-0.2, 0) is 7.05 Å². The second-order valence-corrected chi connectivity index (χ2v) is 3.41. The van der Waals surface area contributed by atoms with Gasteiger partial charge in [-0.2, -0.15) is 0 Å². The first-order valence-electron chi connectivity index (χ1n) is 4.92. The molecule has 0 saturated carbocycles. The molecular weight excluding hydrogens is 220 g/mol. The lowest BCUT2D eigenvalue weighted by atomic mass is 10.2. The summed E-state index contributed by atoms with van der Waals surface area (Å²) in [6.45, 7) is 0. The number of pyridine rings is 1. The SMILES string of the molecule is Cn1c([N+](=O)[O-])cnc1/C=C\c1cccnc1. The zero-order chi connectivity index (χ0) is 12.3. The van der Waals surface area contributed by atoms with E-state index in [0.717, 1.165) is 5.56 Å². The van der Waals surface area contributed by atoms with Crippen LogP contribution in [0.15, 0.2) is 30.7 Å². The maximum absolute atomic E-state index is 10.6. The van der Waals surface area contributed by atoms with Crippen molar-refractivity contribution >= 4 is 18.0 Å². The maximum Gasteiger partial charge on any atom is 0.342 e. The minimum Gasteiger partial charge on any atom is -0.358 e. The number of nitro groups is 1. The molecule has 0 radical (unpaired) electrons. The Morgan fingerprint density at radius 3 is 2.82 bits per heavy atom. The molecule has 0 aromatic carbocycles. The monoisotopic (exact) mass is 230 g/mol. The van der Waals surface area contributed by atoms with Gasteiger partial charge in [0.15, 0.2) is 0 Å². The van der Waals surface area contributed by atoms with Crippen molar-refractivity contribution < 1.29 is 4.92 Å². The van der Waals surface area contributed by atoms with E-state index in [-0.39, 0.29) is 5.82 Å². The van der Waals surface area contributed by atoms with E-state index in [9.17, 15) is 10.1 Å². The number of rotatable bonds is 3. The molecule has 0 bridgehead atoms. The Hall–Kier alpha value is -2.50. The van der Waals surface area contributed by atoms with E-state index in [1.165, 1.54) is 10.8 Å². The molecule has 17 heavy (non-hydrogen) atoms. The minimum absolute atomic E-state index is 0.0316. The van der Waals surface area contributed by atoms with Crippen LogP contribution >= 0.6 is 0 Å². The molecule has 2 aromatic rings. The smallest absolute Gasteiger partial charge is 0.342 e. The molecule has 6 heteroatoms. The van der Waals surface area contributed by atoms with Crippen molar-refractivity contribution in [1.29, 1.82) is 0 Å². The molecule has 0 spiro atoms. The molecule has 2 rings (SSSR count). The summed E-state index contributed by atoms with van der Waals surface area (Å²) in [6.07, 6.45) is 8.14. The van der Waals surface area contributed by atoms with Gasteiger partial charge in [0.05, 0.1) is 7.05 Å². The van der Waals surface area contributed by atoms with Crippen molar-refractivity contribution in [1.82, 2.24) is 14.5 Å². The number of imidazole rings is 1. The highest BCUT2D eigenvalue weighted by atomic mass is 16.6. The zero-order valence-electron chi connectivity index (χ0n) is 9.15. The Kier molecular flexibility index (Phi) is 2.95. The lowest BCUT2D eigenvalue weighted by molar-refractivity contribution is -0.391. The third-order valence-electron chi connectivity index (χ3n) is 2.30. The van der Waals surface area contributed by atoms with E-state index in [1.807, 2.05) is 12.1 Å². The molecule has 0 saturated heterocycles. The van der Waals surface area contributed by atoms with Crippen molar-refractivity contribution in [2.45, 2.75) is 0 Å². The molecule has 6 nitrogen and oxygen atoms in total. The Bertz CT molecular complexity index is 560. The summed E-state index contributed by atoms with van der Waals surface area (Å²) in [5.41, 5.74) is 0.915. The van der Waals surface area contributed by atoms with Gasteiger partial charge < -0.3 is 10.1 Å². The lowest BCUT2D eigenvalue weighted by Crippen LogP contribution is -1.98. The standard InChI is InChI=1S/C11H10N4O2/c1-14-10(13-8-11(14)15(16)17)5-4-9-3-2-6-12-7-9/h2-8H,1H3/b5-4-. The first-order valence-corrected chi connectivity index (χ1v) is 4.92. The average molecular weight is 230 g/mol. The number of hydrogen-bond donors (Lipinski definition) is 0. The second-order valence-electron chi connectivity index (χ2n) is 3.41. The van der Waals surface area contributed by atoms with Gasteiger partial charge in [0, 0.05) is 18.5 Å². The molecule has 0 aliphatic rings. The summed E-state index contributed by atoms with van der Waals surface area (Å²) in [5, 5.41) is 10.6. The third kappa shape index (κ3) is 2.36. The Labute approximate surface area is 97.4 Å². The zero-order valence-corrected chi connectivity index (χ0v) is 9.15. The van der Waals surface area contributed by atoms with Crippen molar-refractivity contribution in [3.8, 4) is 0 Å². The fourth-order valence-corrected chi connectivity index (χ4v) is 1.38. The predicted octanol–water partition coefficient (Wildman–Crippen LogP) is 1.89. The summed E-state index contributed by atoms with van der Waals surface area (Å²) in [5.74, 6) is 0.497. The number of aromatic nitrogens is 3. The average Bonchev–Trinajstić information content (AvgIpc) is 2.69. The van der Waals surface area contributed by atoms with Gasteiger partial charge in [0.2, 0.25) is 5.82 Å². The Balaban J connectivity index is 2.25. The van der Waals surface area contributed by atoms with Crippen molar-refractivity contribution in [3.05, 3.63) is 52.2 Å². The van der Waals surface area contributed by atoms with Crippen LogP contribution in [0.4, 0.5) is 5.82 Å². The second kappa shape index (κ2) is 4.56. The van der Waals surface area contributed by atoms with E-state index in [4.69, 9.17) is 0 Å². The molecule has 0 amide bonds. The van der Waals surface area contributed by atoms with Crippen LogP contribution in [0.25, 0.3) is 12.2 Å². The Morgan fingerprint density at radius 1 is 1.41 bits per heavy atom. The van der Waals surface area contributed by atoms with Gasteiger partial charge >= 0.3 is 5.82 Å². The van der Waals surface area contributed by atoms with Crippen molar-refractivity contribution in [3.63, 3.8) is 0 Å². The highest BCUT2D eigenvalue weighted by Crippen LogP contribution is 2.13. The van der Waals surface area contributed by atoms with Crippen LogP contribution in [0.3, 0.4) is 0 Å². The van der Waals surface area contributed by atoms with E-state index in [2.05, 4.69) is 9.97 Å².